The van der Waals surface area contributed by atoms with E-state index in [1.165, 1.54) is 0 Å². The summed E-state index contributed by atoms with van der Waals surface area (Å²) < 4.78 is 22.5. The third-order valence-corrected chi connectivity index (χ3v) is 6.76. The number of carbonyl (C=O) groups excluding carboxylic acids is 2. The molecule has 0 amide bonds. The monoisotopic (exact) mass is 474 g/mol. The highest BCUT2D eigenvalue weighted by Gasteiger charge is 2.38. The molecule has 2 heterocycles. The maximum absolute atomic E-state index is 13.3. The van der Waals surface area contributed by atoms with Crippen LogP contribution in [-0.4, -0.2) is 32.2 Å². The van der Waals surface area contributed by atoms with Gasteiger partial charge in [0, 0.05) is 21.9 Å². The quantitative estimate of drug-likeness (QED) is 0.210. The zero-order valence-electron chi connectivity index (χ0n) is 18.9. The van der Waals surface area contributed by atoms with Crippen LogP contribution < -0.4 is 18.9 Å². The van der Waals surface area contributed by atoms with Gasteiger partial charge in [0.1, 0.15) is 11.5 Å². The van der Waals surface area contributed by atoms with Gasteiger partial charge in [0.05, 0.1) is 26.2 Å². The molecule has 0 unspecified atom stereocenters. The van der Waals surface area contributed by atoms with Crippen molar-refractivity contribution in [1.82, 2.24) is 0 Å². The minimum absolute atomic E-state index is 0.169. The molecule has 0 radical (unpaired) electrons. The Morgan fingerprint density at radius 2 is 1.76 bits per heavy atom. The van der Waals surface area contributed by atoms with E-state index in [4.69, 9.17) is 18.9 Å². The second kappa shape index (κ2) is 8.91. The van der Waals surface area contributed by atoms with Crippen LogP contribution >= 0.6 is 11.8 Å². The molecule has 3 aromatic rings. The molecule has 0 aliphatic carbocycles. The lowest BCUT2D eigenvalue weighted by atomic mass is 9.85. The molecule has 0 saturated heterocycles. The zero-order chi connectivity index (χ0) is 23.8. The number of ketones is 1. The van der Waals surface area contributed by atoms with Gasteiger partial charge in [0.25, 0.3) is 0 Å². The Balaban J connectivity index is 1.59. The minimum atomic E-state index is -0.312. The molecular weight excluding hydrogens is 452 g/mol. The van der Waals surface area contributed by atoms with E-state index in [0.29, 0.717) is 39.7 Å². The number of rotatable bonds is 5. The number of allylic oxidation sites excluding steroid dienone is 1. The number of hydrogen-bond acceptors (Lipinski definition) is 7. The van der Waals surface area contributed by atoms with Gasteiger partial charge in [-0.25, -0.2) is 0 Å². The van der Waals surface area contributed by atoms with Gasteiger partial charge in [0.15, 0.2) is 17.3 Å². The second-order valence-corrected chi connectivity index (χ2v) is 8.76. The van der Waals surface area contributed by atoms with Crippen LogP contribution in [0.5, 0.6) is 23.0 Å². The van der Waals surface area contributed by atoms with Crippen molar-refractivity contribution in [2.24, 2.45) is 0 Å². The summed E-state index contributed by atoms with van der Waals surface area (Å²) in [6, 6.07) is 16.8. The predicted octanol–water partition coefficient (Wildman–Crippen LogP) is 5.48. The van der Waals surface area contributed by atoms with Crippen LogP contribution in [0, 0.1) is 0 Å². The topological polar surface area (TPSA) is 71.1 Å². The average Bonchev–Trinajstić information content (AvgIpc) is 3.18. The maximum atomic E-state index is 13.3. The Kier molecular flexibility index (Phi) is 5.79. The summed E-state index contributed by atoms with van der Waals surface area (Å²) >= 11 is 1.65. The normalized spacial score (nSPS) is 17.6. The van der Waals surface area contributed by atoms with E-state index < -0.39 is 0 Å². The lowest BCUT2D eigenvalue weighted by molar-refractivity contribution is -0.135. The van der Waals surface area contributed by atoms with Crippen LogP contribution in [0.2, 0.25) is 0 Å². The van der Waals surface area contributed by atoms with Gasteiger partial charge in [-0.1, -0.05) is 24.3 Å². The van der Waals surface area contributed by atoms with Gasteiger partial charge in [-0.15, -0.1) is 11.8 Å². The highest BCUT2D eigenvalue weighted by atomic mass is 32.2. The van der Waals surface area contributed by atoms with Gasteiger partial charge in [-0.3, -0.25) is 9.59 Å². The van der Waals surface area contributed by atoms with Crippen molar-refractivity contribution in [3.8, 4) is 23.0 Å². The Labute approximate surface area is 201 Å². The molecule has 2 aliphatic heterocycles. The molecule has 0 saturated carbocycles. The number of fused-ring (bicyclic) bond motifs is 3. The summed E-state index contributed by atoms with van der Waals surface area (Å²) in [7, 11) is 3.10. The molecule has 2 aliphatic rings. The number of carbonyl (C=O) groups is 2. The van der Waals surface area contributed by atoms with Crippen LogP contribution in [0.1, 0.15) is 39.4 Å². The van der Waals surface area contributed by atoms with Crippen LogP contribution in [0.15, 0.2) is 65.3 Å². The fraction of sp³-hybridized carbons (Fsp3) is 0.185. The first-order valence-electron chi connectivity index (χ1n) is 10.7. The van der Waals surface area contributed by atoms with E-state index in [9.17, 15) is 9.59 Å². The third kappa shape index (κ3) is 3.72. The highest BCUT2D eigenvalue weighted by Crippen LogP contribution is 2.49. The van der Waals surface area contributed by atoms with Crippen molar-refractivity contribution in [3.63, 3.8) is 0 Å². The van der Waals surface area contributed by atoms with E-state index >= 15 is 0 Å². The smallest absolute Gasteiger partial charge is 0.312 e. The van der Waals surface area contributed by atoms with Crippen LogP contribution in [-0.2, 0) is 4.79 Å². The van der Waals surface area contributed by atoms with Crippen molar-refractivity contribution in [3.05, 3.63) is 82.6 Å². The van der Waals surface area contributed by atoms with Crippen molar-refractivity contribution in [2.75, 3.05) is 20.5 Å². The second-order valence-electron chi connectivity index (χ2n) is 7.88. The van der Waals surface area contributed by atoms with Gasteiger partial charge in [-0.05, 0) is 48.2 Å². The summed E-state index contributed by atoms with van der Waals surface area (Å²) in [5.41, 5.74) is 2.77. The van der Waals surface area contributed by atoms with Crippen molar-refractivity contribution in [2.45, 2.75) is 17.2 Å². The maximum Gasteiger partial charge on any atom is 0.312 e. The number of Topliss-reactive ketones (excluding diaryl/α,β-unsaturated/α-hetero) is 1. The summed E-state index contributed by atoms with van der Waals surface area (Å²) in [6.07, 6.45) is 3.83. The Morgan fingerprint density at radius 3 is 2.47 bits per heavy atom. The molecule has 0 spiro atoms. The van der Waals surface area contributed by atoms with E-state index in [0.717, 1.165) is 10.5 Å². The first-order valence-corrected chi connectivity index (χ1v) is 11.9. The summed E-state index contributed by atoms with van der Waals surface area (Å²) in [6.45, 7) is 0. The van der Waals surface area contributed by atoms with E-state index in [1.54, 1.807) is 50.3 Å². The molecule has 172 valence electrons. The first-order chi connectivity index (χ1) is 16.5. The molecule has 3 aromatic carbocycles. The first kappa shape index (κ1) is 22.1. The summed E-state index contributed by atoms with van der Waals surface area (Å²) in [5, 5.41) is 0. The van der Waals surface area contributed by atoms with Gasteiger partial charge in [0.2, 0.25) is 5.78 Å². The zero-order valence-corrected chi connectivity index (χ0v) is 19.7. The third-order valence-electron chi connectivity index (χ3n) is 6.02. The Morgan fingerprint density at radius 1 is 0.971 bits per heavy atom. The molecule has 0 N–H and O–H groups in total. The molecular formula is C27H22O6S. The SMILES string of the molecule is COc1cccc(/C=C2\Oc3c(ccc4c3[C@H](c3ccc(SC)cc3)CC(=O)O4)C2=O)c1OC. The number of esters is 1. The van der Waals surface area contributed by atoms with Crippen molar-refractivity contribution >= 4 is 29.6 Å². The lowest BCUT2D eigenvalue weighted by Gasteiger charge is -2.26. The largest absolute Gasteiger partial charge is 0.493 e. The fourth-order valence-corrected chi connectivity index (χ4v) is 4.80. The molecule has 5 rings (SSSR count). The van der Waals surface area contributed by atoms with Gasteiger partial charge in [-0.2, -0.15) is 0 Å². The number of benzene rings is 3. The summed E-state index contributed by atoms with van der Waals surface area (Å²) in [5.74, 6) is 1.25. The molecule has 0 aromatic heterocycles. The van der Waals surface area contributed by atoms with Crippen LogP contribution in [0.3, 0.4) is 0 Å². The number of para-hydroxylation sites is 1. The standard InChI is InChI=1S/C27H22O6S/c1-30-21-6-4-5-16(26(21)31-2)13-22-25(29)18-11-12-20-24(27(18)33-22)19(14-23(28)32-20)15-7-9-17(34-3)10-8-15/h4-13,19H,14H2,1-3H3/b22-13-/t19-/m0/s1. The molecule has 1 atom stereocenters. The number of thioether (sulfide) groups is 1. The molecule has 0 bridgehead atoms. The van der Waals surface area contributed by atoms with Gasteiger partial charge < -0.3 is 18.9 Å². The Bertz CT molecular complexity index is 1330. The Hall–Kier alpha value is -3.71. The number of methoxy groups -OCH3 is 2. The number of ether oxygens (including phenoxy) is 4. The average molecular weight is 475 g/mol. The van der Waals surface area contributed by atoms with Gasteiger partial charge >= 0.3 is 5.97 Å². The lowest BCUT2D eigenvalue weighted by Crippen LogP contribution is -2.21. The van der Waals surface area contributed by atoms with Crippen molar-refractivity contribution in [1.29, 1.82) is 0 Å². The van der Waals surface area contributed by atoms with E-state index in [1.807, 2.05) is 42.7 Å². The fourth-order valence-electron chi connectivity index (χ4n) is 4.39. The minimum Gasteiger partial charge on any atom is -0.493 e. The number of hydrogen-bond donors (Lipinski definition) is 0. The molecule has 7 heteroatoms. The van der Waals surface area contributed by atoms with Crippen LogP contribution in [0.4, 0.5) is 0 Å². The highest BCUT2D eigenvalue weighted by molar-refractivity contribution is 7.98. The molecule has 0 fully saturated rings. The molecule has 6 nitrogen and oxygen atoms in total. The van der Waals surface area contributed by atoms with E-state index in [2.05, 4.69) is 0 Å². The van der Waals surface area contributed by atoms with E-state index in [-0.39, 0.29) is 29.9 Å². The predicted molar refractivity (Wildman–Crippen MR) is 129 cm³/mol. The van der Waals surface area contributed by atoms with Crippen molar-refractivity contribution < 1.29 is 28.5 Å². The summed E-state index contributed by atoms with van der Waals surface area (Å²) in [4.78, 5) is 26.7. The molecule has 34 heavy (non-hydrogen) atoms. The van der Waals surface area contributed by atoms with Crippen LogP contribution in [0.25, 0.3) is 6.08 Å².